The first-order chi connectivity index (χ1) is 10.9. The number of rotatable bonds is 1. The highest BCUT2D eigenvalue weighted by atomic mass is 16.5. The molecule has 1 aromatic rings. The minimum atomic E-state index is -0.130. The van der Waals surface area contributed by atoms with Crippen LogP contribution in [0.15, 0.2) is 18.2 Å². The van der Waals surface area contributed by atoms with Gasteiger partial charge in [-0.3, -0.25) is 4.79 Å². The molecule has 0 bridgehead atoms. The molecule has 3 aliphatic rings. The highest BCUT2D eigenvalue weighted by Gasteiger charge is 2.60. The Balaban J connectivity index is 1.71. The van der Waals surface area contributed by atoms with Crippen LogP contribution in [0.25, 0.3) is 0 Å². The quantitative estimate of drug-likeness (QED) is 0.747. The summed E-state index contributed by atoms with van der Waals surface area (Å²) in [6, 6.07) is 6.62. The zero-order chi connectivity index (χ0) is 16.4. The van der Waals surface area contributed by atoms with Gasteiger partial charge in [-0.2, -0.15) is 0 Å². The Kier molecular flexibility index (Phi) is 3.21. The predicted molar refractivity (Wildman–Crippen MR) is 91.8 cm³/mol. The Morgan fingerprint density at radius 3 is 2.70 bits per heavy atom. The van der Waals surface area contributed by atoms with Gasteiger partial charge in [-0.25, -0.2) is 0 Å². The van der Waals surface area contributed by atoms with Crippen LogP contribution in [0, 0.1) is 22.7 Å². The second kappa shape index (κ2) is 4.84. The van der Waals surface area contributed by atoms with Crippen molar-refractivity contribution in [2.24, 2.45) is 22.7 Å². The molecule has 2 fully saturated rings. The minimum Gasteiger partial charge on any atom is -0.497 e. The van der Waals surface area contributed by atoms with Gasteiger partial charge in [0.1, 0.15) is 11.5 Å². The average Bonchev–Trinajstić information content (AvgIpc) is 2.73. The van der Waals surface area contributed by atoms with E-state index in [0.29, 0.717) is 23.5 Å². The lowest BCUT2D eigenvalue weighted by Gasteiger charge is -2.48. The Labute approximate surface area is 139 Å². The third-order valence-corrected chi connectivity index (χ3v) is 7.19. The Morgan fingerprint density at radius 2 is 1.96 bits per heavy atom. The average molecular weight is 312 g/mol. The molecule has 0 N–H and O–H groups in total. The first kappa shape index (κ1) is 15.2. The molecule has 0 heterocycles. The number of methoxy groups -OCH3 is 1. The zero-order valence-electron chi connectivity index (χ0n) is 14.8. The van der Waals surface area contributed by atoms with Crippen LogP contribution in [0.4, 0.5) is 0 Å². The summed E-state index contributed by atoms with van der Waals surface area (Å²) < 4.78 is 5.40. The summed E-state index contributed by atoms with van der Waals surface area (Å²) in [4.78, 5) is 13.0. The molecule has 3 aliphatic carbocycles. The van der Waals surface area contributed by atoms with Gasteiger partial charge in [0.2, 0.25) is 0 Å². The standard InChI is InChI=1S/C21H28O2/c1-20(2)12-18-17-7-5-13-11-14(23-4)6-8-15(13)16(17)9-10-21(18,3)19(20)22/h6,8,11,16-18H,5,7,9-10,12H2,1-4H3/t16-,17+,18-,21-/m0/s1. The SMILES string of the molecule is COc1ccc2c(c1)CC[C@@H]1[C@H]2CC[C@]2(C)C(=O)C(C)(C)C[C@@H]12. The van der Waals surface area contributed by atoms with Crippen molar-refractivity contribution in [2.75, 3.05) is 7.11 Å². The molecule has 4 atom stereocenters. The van der Waals surface area contributed by atoms with Crippen molar-refractivity contribution in [3.8, 4) is 5.75 Å². The van der Waals surface area contributed by atoms with E-state index in [2.05, 4.69) is 39.0 Å². The molecule has 2 heteroatoms. The highest BCUT2D eigenvalue weighted by molar-refractivity contribution is 5.92. The van der Waals surface area contributed by atoms with Crippen LogP contribution in [0.2, 0.25) is 0 Å². The lowest BCUT2D eigenvalue weighted by Crippen LogP contribution is -2.43. The fourth-order valence-electron chi connectivity index (χ4n) is 6.08. The summed E-state index contributed by atoms with van der Waals surface area (Å²) in [5, 5.41) is 0. The largest absolute Gasteiger partial charge is 0.497 e. The van der Waals surface area contributed by atoms with Crippen molar-refractivity contribution in [3.05, 3.63) is 29.3 Å². The van der Waals surface area contributed by atoms with Gasteiger partial charge in [-0.05, 0) is 73.1 Å². The lowest BCUT2D eigenvalue weighted by molar-refractivity contribution is -0.134. The maximum absolute atomic E-state index is 13.0. The van der Waals surface area contributed by atoms with Crippen LogP contribution in [0.5, 0.6) is 5.75 Å². The third kappa shape index (κ3) is 2.03. The van der Waals surface area contributed by atoms with Crippen molar-refractivity contribution in [2.45, 2.75) is 58.8 Å². The summed E-state index contributed by atoms with van der Waals surface area (Å²) >= 11 is 0. The van der Waals surface area contributed by atoms with Crippen molar-refractivity contribution >= 4 is 5.78 Å². The minimum absolute atomic E-state index is 0.0748. The van der Waals surface area contributed by atoms with Crippen LogP contribution in [-0.4, -0.2) is 12.9 Å². The van der Waals surface area contributed by atoms with Crippen LogP contribution in [-0.2, 0) is 11.2 Å². The fraction of sp³-hybridized carbons (Fsp3) is 0.667. The van der Waals surface area contributed by atoms with Crippen LogP contribution < -0.4 is 4.74 Å². The smallest absolute Gasteiger partial charge is 0.144 e. The van der Waals surface area contributed by atoms with E-state index in [-0.39, 0.29) is 10.8 Å². The number of carbonyl (C=O) groups excluding carboxylic acids is 1. The summed E-state index contributed by atoms with van der Waals surface area (Å²) in [6.07, 6.45) is 5.67. The number of ether oxygens (including phenoxy) is 1. The van der Waals surface area contributed by atoms with Gasteiger partial charge in [-0.15, -0.1) is 0 Å². The second-order valence-electron chi connectivity index (χ2n) is 8.85. The molecule has 2 nitrogen and oxygen atoms in total. The second-order valence-corrected chi connectivity index (χ2v) is 8.85. The molecule has 0 aliphatic heterocycles. The number of hydrogen-bond acceptors (Lipinski definition) is 2. The van der Waals surface area contributed by atoms with Gasteiger partial charge in [0, 0.05) is 10.8 Å². The van der Waals surface area contributed by atoms with Crippen molar-refractivity contribution in [1.82, 2.24) is 0 Å². The van der Waals surface area contributed by atoms with Crippen molar-refractivity contribution in [1.29, 1.82) is 0 Å². The van der Waals surface area contributed by atoms with E-state index in [0.717, 1.165) is 25.0 Å². The number of Topliss-reactive ketones (excluding diaryl/α,β-unsaturated/α-hetero) is 1. The fourth-order valence-corrected chi connectivity index (χ4v) is 6.08. The summed E-state index contributed by atoms with van der Waals surface area (Å²) in [7, 11) is 1.74. The van der Waals surface area contributed by atoms with Gasteiger partial charge in [-0.1, -0.05) is 26.8 Å². The van der Waals surface area contributed by atoms with E-state index in [1.54, 1.807) is 7.11 Å². The number of aryl methyl sites for hydroxylation is 1. The monoisotopic (exact) mass is 312 g/mol. The number of fused-ring (bicyclic) bond motifs is 5. The van der Waals surface area contributed by atoms with E-state index in [1.807, 2.05) is 0 Å². The molecular weight excluding hydrogens is 284 g/mol. The summed E-state index contributed by atoms with van der Waals surface area (Å²) in [5.41, 5.74) is 2.79. The molecule has 0 amide bonds. The summed E-state index contributed by atoms with van der Waals surface area (Å²) in [5.74, 6) is 3.39. The molecular formula is C21H28O2. The van der Waals surface area contributed by atoms with E-state index < -0.39 is 0 Å². The number of benzene rings is 1. The van der Waals surface area contributed by atoms with Gasteiger partial charge >= 0.3 is 0 Å². The molecule has 2 saturated carbocycles. The molecule has 0 radical (unpaired) electrons. The zero-order valence-corrected chi connectivity index (χ0v) is 14.8. The van der Waals surface area contributed by atoms with E-state index in [9.17, 15) is 4.79 Å². The molecule has 0 unspecified atom stereocenters. The molecule has 0 aromatic heterocycles. The van der Waals surface area contributed by atoms with Gasteiger partial charge in [0.25, 0.3) is 0 Å². The topological polar surface area (TPSA) is 26.3 Å². The van der Waals surface area contributed by atoms with Crippen LogP contribution >= 0.6 is 0 Å². The van der Waals surface area contributed by atoms with Crippen LogP contribution in [0.3, 0.4) is 0 Å². The lowest BCUT2D eigenvalue weighted by atomic mass is 9.55. The maximum atomic E-state index is 13.0. The van der Waals surface area contributed by atoms with E-state index in [4.69, 9.17) is 4.74 Å². The predicted octanol–water partition coefficient (Wildman–Crippen LogP) is 4.76. The maximum Gasteiger partial charge on any atom is 0.144 e. The molecule has 4 rings (SSSR count). The number of carbonyl (C=O) groups is 1. The van der Waals surface area contributed by atoms with Gasteiger partial charge in [0.05, 0.1) is 7.11 Å². The summed E-state index contributed by atoms with van der Waals surface area (Å²) in [6.45, 7) is 6.58. The first-order valence-corrected chi connectivity index (χ1v) is 9.08. The Hall–Kier alpha value is -1.31. The number of ketones is 1. The highest BCUT2D eigenvalue weighted by Crippen LogP contribution is 2.63. The van der Waals surface area contributed by atoms with Gasteiger partial charge in [0.15, 0.2) is 0 Å². The molecule has 23 heavy (non-hydrogen) atoms. The van der Waals surface area contributed by atoms with E-state index in [1.165, 1.54) is 24.0 Å². The van der Waals surface area contributed by atoms with Crippen molar-refractivity contribution in [3.63, 3.8) is 0 Å². The van der Waals surface area contributed by atoms with Crippen LogP contribution in [0.1, 0.15) is 63.5 Å². The number of hydrogen-bond donors (Lipinski definition) is 0. The molecule has 124 valence electrons. The normalized spacial score (nSPS) is 37.7. The molecule has 0 spiro atoms. The molecule has 0 saturated heterocycles. The Morgan fingerprint density at radius 1 is 1.17 bits per heavy atom. The third-order valence-electron chi connectivity index (χ3n) is 7.19. The Bertz CT molecular complexity index is 660. The first-order valence-electron chi connectivity index (χ1n) is 9.08. The van der Waals surface area contributed by atoms with Gasteiger partial charge < -0.3 is 4.74 Å². The molecule has 1 aromatic carbocycles. The van der Waals surface area contributed by atoms with Crippen molar-refractivity contribution < 1.29 is 9.53 Å². The van der Waals surface area contributed by atoms with E-state index >= 15 is 0 Å².